The predicted molar refractivity (Wildman–Crippen MR) is 108 cm³/mol. The minimum Gasteiger partial charge on any atom is -0.465 e. The summed E-state index contributed by atoms with van der Waals surface area (Å²) in [6.07, 6.45) is 3.02. The number of hydrogen-bond donors (Lipinski definition) is 2. The van der Waals surface area contributed by atoms with Crippen LogP contribution < -0.4 is 10.6 Å². The molecule has 0 saturated carbocycles. The van der Waals surface area contributed by atoms with Crippen molar-refractivity contribution in [1.82, 2.24) is 10.6 Å². The maximum atomic E-state index is 12.7. The van der Waals surface area contributed by atoms with Gasteiger partial charge in [-0.3, -0.25) is 9.59 Å². The van der Waals surface area contributed by atoms with E-state index < -0.39 is 5.91 Å². The molecule has 3 aromatic rings. The molecule has 0 aliphatic carbocycles. The van der Waals surface area contributed by atoms with E-state index in [-0.39, 0.29) is 11.6 Å². The van der Waals surface area contributed by atoms with Gasteiger partial charge >= 0.3 is 0 Å². The lowest BCUT2D eigenvalue weighted by Gasteiger charge is -2.11. The van der Waals surface area contributed by atoms with Crippen molar-refractivity contribution in [2.24, 2.45) is 0 Å². The zero-order valence-corrected chi connectivity index (χ0v) is 15.9. The van der Waals surface area contributed by atoms with Crippen LogP contribution in [0, 0.1) is 13.8 Å². The molecule has 0 saturated heterocycles. The van der Waals surface area contributed by atoms with Gasteiger partial charge in [0.25, 0.3) is 11.8 Å². The van der Waals surface area contributed by atoms with Gasteiger partial charge in [0, 0.05) is 18.2 Å². The van der Waals surface area contributed by atoms with E-state index in [0.29, 0.717) is 17.9 Å². The van der Waals surface area contributed by atoms with Crippen molar-refractivity contribution in [3.8, 4) is 0 Å². The number of amides is 2. The molecule has 28 heavy (non-hydrogen) atoms. The number of benzene rings is 2. The highest BCUT2D eigenvalue weighted by atomic mass is 16.3. The molecule has 0 radical (unpaired) electrons. The largest absolute Gasteiger partial charge is 0.465 e. The summed E-state index contributed by atoms with van der Waals surface area (Å²) in [7, 11) is 0. The second-order valence-electron chi connectivity index (χ2n) is 6.57. The van der Waals surface area contributed by atoms with E-state index >= 15 is 0 Å². The van der Waals surface area contributed by atoms with Crippen molar-refractivity contribution in [1.29, 1.82) is 0 Å². The third kappa shape index (κ3) is 5.20. The van der Waals surface area contributed by atoms with Gasteiger partial charge < -0.3 is 15.1 Å². The molecule has 2 N–H and O–H groups in total. The number of hydrogen-bond acceptors (Lipinski definition) is 3. The summed E-state index contributed by atoms with van der Waals surface area (Å²) < 4.78 is 5.29. The number of carbonyl (C=O) groups is 2. The van der Waals surface area contributed by atoms with Crippen molar-refractivity contribution in [3.05, 3.63) is 101 Å². The summed E-state index contributed by atoms with van der Waals surface area (Å²) in [5.74, 6) is -0.269. The van der Waals surface area contributed by atoms with Crippen LogP contribution in [-0.2, 0) is 11.3 Å². The van der Waals surface area contributed by atoms with E-state index in [0.717, 1.165) is 16.7 Å². The van der Waals surface area contributed by atoms with Crippen LogP contribution in [0.25, 0.3) is 6.08 Å². The number of rotatable bonds is 6. The summed E-state index contributed by atoms with van der Waals surface area (Å²) >= 11 is 0. The lowest BCUT2D eigenvalue weighted by molar-refractivity contribution is -0.117. The standard InChI is InChI=1S/C23H22N2O3/c1-16-8-10-18(11-9-16)15-24-23(27)21(14-20-7-4-12-28-20)25-22(26)19-6-3-5-17(2)13-19/h3-14H,15H2,1-2H3,(H,24,27)(H,25,26)/b21-14-. The molecule has 1 heterocycles. The Labute approximate surface area is 164 Å². The molecule has 142 valence electrons. The van der Waals surface area contributed by atoms with Gasteiger partial charge in [-0.15, -0.1) is 0 Å². The molecule has 5 heteroatoms. The fourth-order valence-electron chi connectivity index (χ4n) is 2.64. The van der Waals surface area contributed by atoms with Crippen LogP contribution in [-0.4, -0.2) is 11.8 Å². The van der Waals surface area contributed by atoms with Crippen molar-refractivity contribution in [3.63, 3.8) is 0 Å². The van der Waals surface area contributed by atoms with E-state index in [9.17, 15) is 9.59 Å². The number of nitrogens with one attached hydrogen (secondary N) is 2. The molecule has 0 bridgehead atoms. The maximum absolute atomic E-state index is 12.7. The molecule has 0 aliphatic rings. The summed E-state index contributed by atoms with van der Waals surface area (Å²) in [5, 5.41) is 5.53. The molecule has 0 aliphatic heterocycles. The third-order valence-electron chi connectivity index (χ3n) is 4.18. The van der Waals surface area contributed by atoms with Crippen molar-refractivity contribution < 1.29 is 14.0 Å². The smallest absolute Gasteiger partial charge is 0.268 e. The third-order valence-corrected chi connectivity index (χ3v) is 4.18. The zero-order valence-electron chi connectivity index (χ0n) is 15.9. The van der Waals surface area contributed by atoms with E-state index in [4.69, 9.17) is 4.42 Å². The molecule has 5 nitrogen and oxygen atoms in total. The molecular formula is C23H22N2O3. The fourth-order valence-corrected chi connectivity index (χ4v) is 2.64. The lowest BCUT2D eigenvalue weighted by atomic mass is 10.1. The van der Waals surface area contributed by atoms with Crippen LogP contribution in [0.1, 0.15) is 32.8 Å². The molecule has 0 unspecified atom stereocenters. The first-order valence-corrected chi connectivity index (χ1v) is 8.98. The predicted octanol–water partition coefficient (Wildman–Crippen LogP) is 3.98. The lowest BCUT2D eigenvalue weighted by Crippen LogP contribution is -2.34. The molecular weight excluding hydrogens is 352 g/mol. The van der Waals surface area contributed by atoms with Crippen LogP contribution in [0.4, 0.5) is 0 Å². The Hall–Kier alpha value is -3.60. The SMILES string of the molecule is Cc1ccc(CNC(=O)/C(=C/c2ccco2)NC(=O)c2cccc(C)c2)cc1. The Morgan fingerprint density at radius 1 is 0.964 bits per heavy atom. The molecule has 0 spiro atoms. The van der Waals surface area contributed by atoms with Crippen molar-refractivity contribution in [2.75, 3.05) is 0 Å². The van der Waals surface area contributed by atoms with Gasteiger partial charge in [0.1, 0.15) is 11.5 Å². The van der Waals surface area contributed by atoms with E-state index in [1.165, 1.54) is 12.3 Å². The van der Waals surface area contributed by atoms with Gasteiger partial charge in [0.2, 0.25) is 0 Å². The molecule has 3 rings (SSSR count). The first kappa shape index (κ1) is 19.2. The van der Waals surface area contributed by atoms with Gasteiger partial charge in [-0.05, 0) is 43.7 Å². The van der Waals surface area contributed by atoms with Gasteiger partial charge in [-0.25, -0.2) is 0 Å². The number of furan rings is 1. The fraction of sp³-hybridized carbons (Fsp3) is 0.130. The maximum Gasteiger partial charge on any atom is 0.268 e. The first-order valence-electron chi connectivity index (χ1n) is 8.98. The average molecular weight is 374 g/mol. The van der Waals surface area contributed by atoms with Gasteiger partial charge in [-0.1, -0.05) is 47.5 Å². The molecule has 2 aromatic carbocycles. The van der Waals surface area contributed by atoms with E-state index in [1.807, 2.05) is 44.2 Å². The molecule has 2 amide bonds. The van der Waals surface area contributed by atoms with E-state index in [1.54, 1.807) is 30.3 Å². The summed E-state index contributed by atoms with van der Waals surface area (Å²) in [4.78, 5) is 25.3. The van der Waals surface area contributed by atoms with Gasteiger partial charge in [-0.2, -0.15) is 0 Å². The Morgan fingerprint density at radius 3 is 2.43 bits per heavy atom. The zero-order chi connectivity index (χ0) is 19.9. The highest BCUT2D eigenvalue weighted by molar-refractivity contribution is 6.05. The van der Waals surface area contributed by atoms with E-state index in [2.05, 4.69) is 10.6 Å². The molecule has 0 atom stereocenters. The number of aryl methyl sites for hydroxylation is 2. The number of carbonyl (C=O) groups excluding carboxylic acids is 2. The Kier molecular flexibility index (Phi) is 6.07. The van der Waals surface area contributed by atoms with Gasteiger partial charge in [0.05, 0.1) is 6.26 Å². The van der Waals surface area contributed by atoms with Crippen LogP contribution in [0.5, 0.6) is 0 Å². The normalized spacial score (nSPS) is 11.1. The van der Waals surface area contributed by atoms with Crippen LogP contribution >= 0.6 is 0 Å². The Bertz CT molecular complexity index is 987. The summed E-state index contributed by atoms with van der Waals surface area (Å²) in [6.45, 7) is 4.27. The van der Waals surface area contributed by atoms with Gasteiger partial charge in [0.15, 0.2) is 0 Å². The Balaban J connectivity index is 1.75. The minimum absolute atomic E-state index is 0.119. The van der Waals surface area contributed by atoms with Crippen LogP contribution in [0.15, 0.2) is 77.0 Å². The van der Waals surface area contributed by atoms with Crippen molar-refractivity contribution >= 4 is 17.9 Å². The quantitative estimate of drug-likeness (QED) is 0.641. The highest BCUT2D eigenvalue weighted by Crippen LogP contribution is 2.10. The summed E-state index contributed by atoms with van der Waals surface area (Å²) in [6, 6.07) is 18.5. The van der Waals surface area contributed by atoms with Crippen LogP contribution in [0.3, 0.4) is 0 Å². The minimum atomic E-state index is -0.391. The first-order chi connectivity index (χ1) is 13.5. The highest BCUT2D eigenvalue weighted by Gasteiger charge is 2.15. The second kappa shape index (κ2) is 8.86. The molecule has 1 aromatic heterocycles. The monoisotopic (exact) mass is 374 g/mol. The summed E-state index contributed by atoms with van der Waals surface area (Å²) in [5.41, 5.74) is 3.69. The molecule has 0 fully saturated rings. The average Bonchev–Trinajstić information content (AvgIpc) is 3.20. The Morgan fingerprint density at radius 2 is 1.75 bits per heavy atom. The van der Waals surface area contributed by atoms with Crippen molar-refractivity contribution in [2.45, 2.75) is 20.4 Å². The van der Waals surface area contributed by atoms with Crippen LogP contribution in [0.2, 0.25) is 0 Å². The topological polar surface area (TPSA) is 71.3 Å². The second-order valence-corrected chi connectivity index (χ2v) is 6.57.